The van der Waals surface area contributed by atoms with Gasteiger partial charge in [-0.1, -0.05) is 6.92 Å². The predicted molar refractivity (Wildman–Crippen MR) is 120 cm³/mol. The van der Waals surface area contributed by atoms with Crippen LogP contribution in [0.15, 0.2) is 28.7 Å². The number of aryl methyl sites for hydroxylation is 1. The summed E-state index contributed by atoms with van der Waals surface area (Å²) in [7, 11) is 1.28. The van der Waals surface area contributed by atoms with Crippen molar-refractivity contribution >= 4 is 11.9 Å². The van der Waals surface area contributed by atoms with Crippen LogP contribution in [0.25, 0.3) is 11.3 Å². The molecule has 0 bridgehead atoms. The van der Waals surface area contributed by atoms with Gasteiger partial charge in [0.15, 0.2) is 5.76 Å². The predicted octanol–water partition coefficient (Wildman–Crippen LogP) is 6.50. The number of rotatable bonds is 4. The summed E-state index contributed by atoms with van der Waals surface area (Å²) in [5, 5.41) is 0. The van der Waals surface area contributed by atoms with Crippen LogP contribution in [0.5, 0.6) is 5.75 Å². The molecule has 1 aliphatic heterocycles. The van der Waals surface area contributed by atoms with Crippen LogP contribution in [-0.4, -0.2) is 42.6 Å². The molecule has 1 aromatic carbocycles. The van der Waals surface area contributed by atoms with Gasteiger partial charge in [-0.3, -0.25) is 4.79 Å². The number of hydrogen-bond donors (Lipinski definition) is 0. The van der Waals surface area contributed by atoms with E-state index in [1.807, 2.05) is 0 Å². The van der Waals surface area contributed by atoms with Crippen molar-refractivity contribution in [3.8, 4) is 17.1 Å². The monoisotopic (exact) mass is 481 g/mol. The molecule has 1 aromatic heterocycles. The number of carbonyl (C=O) groups excluding carboxylic acids is 2. The van der Waals surface area contributed by atoms with Crippen molar-refractivity contribution in [2.45, 2.75) is 59.2 Å². The molecule has 1 unspecified atom stereocenters. The van der Waals surface area contributed by atoms with Crippen LogP contribution in [0, 0.1) is 12.3 Å². The van der Waals surface area contributed by atoms with Gasteiger partial charge in [-0.25, -0.2) is 4.79 Å². The van der Waals surface area contributed by atoms with Gasteiger partial charge < -0.3 is 18.8 Å². The van der Waals surface area contributed by atoms with Crippen LogP contribution in [0.4, 0.5) is 18.0 Å². The Morgan fingerprint density at radius 2 is 1.82 bits per heavy atom. The highest BCUT2D eigenvalue weighted by atomic mass is 19.4. The molecule has 0 spiro atoms. The zero-order valence-corrected chi connectivity index (χ0v) is 20.3. The largest absolute Gasteiger partial charge is 0.496 e. The molecule has 34 heavy (non-hydrogen) atoms. The highest BCUT2D eigenvalue weighted by molar-refractivity contribution is 5.99. The van der Waals surface area contributed by atoms with Gasteiger partial charge in [0.2, 0.25) is 5.78 Å². The van der Waals surface area contributed by atoms with Crippen LogP contribution in [0.3, 0.4) is 0 Å². The fourth-order valence-corrected chi connectivity index (χ4v) is 4.12. The Kier molecular flexibility index (Phi) is 6.79. The second kappa shape index (κ2) is 9.00. The van der Waals surface area contributed by atoms with Crippen LogP contribution in [-0.2, 0) is 10.9 Å². The van der Waals surface area contributed by atoms with Gasteiger partial charge in [-0.15, -0.1) is 0 Å². The number of alkyl halides is 3. The highest BCUT2D eigenvalue weighted by Crippen LogP contribution is 2.41. The van der Waals surface area contributed by atoms with Gasteiger partial charge in [0, 0.05) is 13.1 Å². The second-order valence-corrected chi connectivity index (χ2v) is 9.93. The van der Waals surface area contributed by atoms with Crippen molar-refractivity contribution < 1.29 is 36.7 Å². The number of piperidine rings is 1. The molecule has 1 saturated heterocycles. The summed E-state index contributed by atoms with van der Waals surface area (Å²) in [6.45, 7) is 9.50. The summed E-state index contributed by atoms with van der Waals surface area (Å²) in [6.07, 6.45) is -3.80. The van der Waals surface area contributed by atoms with Crippen molar-refractivity contribution in [2.75, 3.05) is 20.2 Å². The van der Waals surface area contributed by atoms with Crippen LogP contribution in [0.1, 0.15) is 62.2 Å². The average molecular weight is 482 g/mol. The van der Waals surface area contributed by atoms with Crippen molar-refractivity contribution in [1.82, 2.24) is 4.90 Å². The molecule has 1 amide bonds. The highest BCUT2D eigenvalue weighted by Gasteiger charge is 2.42. The fourth-order valence-electron chi connectivity index (χ4n) is 4.12. The van der Waals surface area contributed by atoms with Crippen molar-refractivity contribution in [3.63, 3.8) is 0 Å². The lowest BCUT2D eigenvalue weighted by Crippen LogP contribution is -2.49. The maximum atomic E-state index is 13.5. The van der Waals surface area contributed by atoms with Gasteiger partial charge >= 0.3 is 12.3 Å². The lowest BCUT2D eigenvalue weighted by Gasteiger charge is -2.39. The maximum absolute atomic E-state index is 13.5. The number of ketones is 1. The minimum absolute atomic E-state index is 0.00810. The Morgan fingerprint density at radius 1 is 1.15 bits per heavy atom. The van der Waals surface area contributed by atoms with Crippen molar-refractivity contribution in [2.24, 2.45) is 5.41 Å². The number of furan rings is 1. The van der Waals surface area contributed by atoms with Gasteiger partial charge in [-0.2, -0.15) is 13.2 Å². The first-order valence-corrected chi connectivity index (χ1v) is 11.0. The van der Waals surface area contributed by atoms with E-state index < -0.39 is 28.8 Å². The number of benzene rings is 1. The summed E-state index contributed by atoms with van der Waals surface area (Å²) < 4.78 is 55.8. The van der Waals surface area contributed by atoms with E-state index in [1.54, 1.807) is 40.7 Å². The number of hydrogen-bond acceptors (Lipinski definition) is 5. The molecule has 1 atom stereocenters. The minimum Gasteiger partial charge on any atom is -0.496 e. The van der Waals surface area contributed by atoms with E-state index in [0.29, 0.717) is 30.5 Å². The first-order chi connectivity index (χ1) is 15.6. The molecule has 9 heteroatoms. The minimum atomic E-state index is -4.51. The lowest BCUT2D eigenvalue weighted by atomic mass is 9.77. The van der Waals surface area contributed by atoms with E-state index in [-0.39, 0.29) is 29.6 Å². The Balaban J connectivity index is 1.89. The molecule has 0 radical (unpaired) electrons. The zero-order chi connectivity index (χ0) is 25.5. The van der Waals surface area contributed by atoms with E-state index in [1.165, 1.54) is 18.1 Å². The number of likely N-dealkylation sites (tertiary alicyclic amines) is 1. The summed E-state index contributed by atoms with van der Waals surface area (Å²) in [4.78, 5) is 27.5. The van der Waals surface area contributed by atoms with Gasteiger partial charge in [0.1, 0.15) is 17.1 Å². The molecule has 1 aliphatic rings. The summed E-state index contributed by atoms with van der Waals surface area (Å²) in [5.41, 5.74) is -1.48. The van der Waals surface area contributed by atoms with E-state index >= 15 is 0 Å². The Hall–Kier alpha value is -2.97. The van der Waals surface area contributed by atoms with Gasteiger partial charge in [-0.05, 0) is 70.4 Å². The van der Waals surface area contributed by atoms with Gasteiger partial charge in [0.05, 0.1) is 23.7 Å². The van der Waals surface area contributed by atoms with Crippen LogP contribution >= 0.6 is 0 Å². The van der Waals surface area contributed by atoms with Crippen LogP contribution in [0.2, 0.25) is 0 Å². The summed E-state index contributed by atoms with van der Waals surface area (Å²) in [6, 6.07) is 4.70. The third-order valence-corrected chi connectivity index (χ3v) is 5.81. The zero-order valence-electron chi connectivity index (χ0n) is 20.3. The molecule has 0 aliphatic carbocycles. The van der Waals surface area contributed by atoms with E-state index in [4.69, 9.17) is 13.9 Å². The number of methoxy groups -OCH3 is 1. The standard InChI is InChI=1S/C25H30F3NO5/c1-15-12-19(33-20(15)17-9-8-16(25(26,27)28)13-18(17)32-6)21(30)24(5)10-7-11-29(14-24)22(31)34-23(2,3)4/h8-9,12-13H,7,10-11,14H2,1-6H3. The second-order valence-electron chi connectivity index (χ2n) is 9.93. The molecule has 2 heterocycles. The molecular weight excluding hydrogens is 451 g/mol. The third kappa shape index (κ3) is 5.39. The number of Topliss-reactive ketones (excluding diaryl/α,β-unsaturated/α-hetero) is 1. The lowest BCUT2D eigenvalue weighted by molar-refractivity contribution is -0.137. The van der Waals surface area contributed by atoms with Gasteiger partial charge in [0.25, 0.3) is 0 Å². The normalized spacial score (nSPS) is 19.1. The van der Waals surface area contributed by atoms with Crippen molar-refractivity contribution in [1.29, 1.82) is 0 Å². The maximum Gasteiger partial charge on any atom is 0.416 e. The topological polar surface area (TPSA) is 69.0 Å². The summed E-state index contributed by atoms with van der Waals surface area (Å²) in [5.74, 6) is 0.0626. The van der Waals surface area contributed by atoms with E-state index in [0.717, 1.165) is 12.1 Å². The molecule has 1 fully saturated rings. The quantitative estimate of drug-likeness (QED) is 0.466. The Bertz CT molecular complexity index is 1080. The number of halogens is 3. The molecule has 2 aromatic rings. The molecule has 3 rings (SSSR count). The molecule has 6 nitrogen and oxygen atoms in total. The SMILES string of the molecule is COc1cc(C(F)(F)F)ccc1-c1oc(C(=O)C2(C)CCCN(C(=O)OC(C)(C)C)C2)cc1C. The Labute approximate surface area is 197 Å². The molecule has 0 N–H and O–H groups in total. The Morgan fingerprint density at radius 3 is 2.41 bits per heavy atom. The van der Waals surface area contributed by atoms with E-state index in [2.05, 4.69) is 0 Å². The van der Waals surface area contributed by atoms with E-state index in [9.17, 15) is 22.8 Å². The molecular formula is C25H30F3NO5. The number of carbonyl (C=O) groups is 2. The number of ether oxygens (including phenoxy) is 2. The smallest absolute Gasteiger partial charge is 0.416 e. The summed E-state index contributed by atoms with van der Waals surface area (Å²) >= 11 is 0. The number of nitrogens with zero attached hydrogens (tertiary/aromatic N) is 1. The number of amides is 1. The molecule has 0 saturated carbocycles. The van der Waals surface area contributed by atoms with Crippen LogP contribution < -0.4 is 4.74 Å². The average Bonchev–Trinajstić information content (AvgIpc) is 3.12. The third-order valence-electron chi connectivity index (χ3n) is 5.81. The first-order valence-electron chi connectivity index (χ1n) is 11.0. The first kappa shape index (κ1) is 25.6. The fraction of sp³-hybridized carbons (Fsp3) is 0.520. The van der Waals surface area contributed by atoms with Crippen molar-refractivity contribution in [3.05, 3.63) is 41.2 Å². The molecule has 186 valence electrons.